The van der Waals surface area contributed by atoms with Gasteiger partial charge in [-0.25, -0.2) is 4.79 Å². The van der Waals surface area contributed by atoms with Crippen LogP contribution in [-0.4, -0.2) is 52.2 Å². The van der Waals surface area contributed by atoms with Crippen molar-refractivity contribution in [3.63, 3.8) is 0 Å². The van der Waals surface area contributed by atoms with Crippen LogP contribution in [0.2, 0.25) is 0 Å². The van der Waals surface area contributed by atoms with E-state index in [4.69, 9.17) is 17.6 Å². The fraction of sp³-hybridized carbons (Fsp3) is 0.480. The van der Waals surface area contributed by atoms with Gasteiger partial charge in [0.15, 0.2) is 0 Å². The lowest BCUT2D eigenvalue weighted by Gasteiger charge is -2.31. The molecule has 3 N–H and O–H groups in total. The Bertz CT molecular complexity index is 923. The summed E-state index contributed by atoms with van der Waals surface area (Å²) in [7, 11) is 0. The highest BCUT2D eigenvalue weighted by molar-refractivity contribution is 5.93. The first-order valence-electron chi connectivity index (χ1n) is 10.7. The summed E-state index contributed by atoms with van der Waals surface area (Å²) in [5, 5.41) is 14.9. The first kappa shape index (κ1) is 27.5. The van der Waals surface area contributed by atoms with Gasteiger partial charge in [-0.3, -0.25) is 14.5 Å². The molecule has 1 rings (SSSR count). The highest BCUT2D eigenvalue weighted by Gasteiger charge is 2.36. The number of carbonyl (C=O) groups is 3. The molecule has 0 heterocycles. The van der Waals surface area contributed by atoms with Crippen LogP contribution in [-0.2, 0) is 14.3 Å². The molecule has 0 fully saturated rings. The Morgan fingerprint density at radius 3 is 2.33 bits per heavy atom. The average Bonchev–Trinajstić information content (AvgIpc) is 2.74. The summed E-state index contributed by atoms with van der Waals surface area (Å²) < 4.78 is 5.15. The van der Waals surface area contributed by atoms with E-state index in [-0.39, 0.29) is 6.04 Å². The van der Waals surface area contributed by atoms with Gasteiger partial charge in [-0.2, -0.15) is 0 Å². The zero-order valence-electron chi connectivity index (χ0n) is 19.8. The molecule has 0 saturated heterocycles. The van der Waals surface area contributed by atoms with Gasteiger partial charge in [0.25, 0.3) is 5.91 Å². The van der Waals surface area contributed by atoms with Crippen LogP contribution in [0.1, 0.15) is 64.6 Å². The van der Waals surface area contributed by atoms with Crippen molar-refractivity contribution in [1.29, 1.82) is 0 Å². The minimum atomic E-state index is -1.43. The highest BCUT2D eigenvalue weighted by atomic mass is 16.6. The minimum absolute atomic E-state index is 0.175. The molecular formula is C25H33N3O5. The predicted molar refractivity (Wildman–Crippen MR) is 126 cm³/mol. The van der Waals surface area contributed by atoms with E-state index < -0.39 is 42.2 Å². The van der Waals surface area contributed by atoms with E-state index in [1.54, 1.807) is 45.0 Å². The summed E-state index contributed by atoms with van der Waals surface area (Å²) in [5.41, 5.74) is -0.0846. The smallest absolute Gasteiger partial charge is 0.408 e. The van der Waals surface area contributed by atoms with Crippen molar-refractivity contribution in [3.8, 4) is 24.8 Å². The Kier molecular flexibility index (Phi) is 10.5. The molecule has 1 aromatic carbocycles. The van der Waals surface area contributed by atoms with Crippen LogP contribution < -0.4 is 10.6 Å². The van der Waals surface area contributed by atoms with E-state index in [2.05, 4.69) is 22.6 Å². The summed E-state index contributed by atoms with van der Waals surface area (Å²) in [6.45, 7) is 8.04. The molecule has 0 saturated carbocycles. The van der Waals surface area contributed by atoms with Crippen LogP contribution in [0.3, 0.4) is 0 Å². The number of aliphatic hydroxyl groups is 1. The van der Waals surface area contributed by atoms with Gasteiger partial charge in [0.2, 0.25) is 5.91 Å². The molecule has 178 valence electrons. The number of alkyl carbamates (subject to hydrolysis) is 1. The number of benzene rings is 1. The Hall–Kier alpha value is -3.49. The van der Waals surface area contributed by atoms with E-state index in [9.17, 15) is 19.5 Å². The molecule has 3 amide bonds. The molecule has 1 aromatic rings. The second-order valence-electron chi connectivity index (χ2n) is 8.55. The molecule has 0 aliphatic heterocycles. The number of nitrogens with zero attached hydrogens (tertiary/aromatic N) is 1. The number of amides is 3. The largest absolute Gasteiger partial charge is 0.444 e. The molecule has 0 aliphatic rings. The Labute approximate surface area is 196 Å². The van der Waals surface area contributed by atoms with Gasteiger partial charge in [0, 0.05) is 23.2 Å². The van der Waals surface area contributed by atoms with E-state index >= 15 is 0 Å². The number of aliphatic hydroxyl groups excluding tert-OH is 1. The third-order valence-corrected chi connectivity index (χ3v) is 4.58. The lowest BCUT2D eigenvalue weighted by Crippen LogP contribution is -2.53. The molecule has 0 spiro atoms. The lowest BCUT2D eigenvalue weighted by atomic mass is 9.97. The molecule has 0 radical (unpaired) electrons. The topological polar surface area (TPSA) is 108 Å². The number of hydrogen-bond acceptors (Lipinski definition) is 5. The first-order chi connectivity index (χ1) is 15.5. The van der Waals surface area contributed by atoms with E-state index in [1.807, 2.05) is 13.8 Å². The van der Waals surface area contributed by atoms with Gasteiger partial charge in [-0.15, -0.1) is 6.42 Å². The van der Waals surface area contributed by atoms with Crippen molar-refractivity contribution in [2.45, 2.75) is 71.2 Å². The second-order valence-corrected chi connectivity index (χ2v) is 8.55. The predicted octanol–water partition coefficient (Wildman–Crippen LogP) is 2.32. The molecule has 8 nitrogen and oxygen atoms in total. The molecule has 3 unspecified atom stereocenters. The lowest BCUT2D eigenvalue weighted by molar-refractivity contribution is -0.139. The maximum Gasteiger partial charge on any atom is 0.408 e. The van der Waals surface area contributed by atoms with Crippen molar-refractivity contribution in [2.24, 2.45) is 0 Å². The summed E-state index contributed by atoms with van der Waals surface area (Å²) in [6, 6.07) is 5.96. The van der Waals surface area contributed by atoms with Crippen LogP contribution in [0.5, 0.6) is 0 Å². The Morgan fingerprint density at radius 1 is 1.18 bits per heavy atom. The normalized spacial score (nSPS) is 13.5. The van der Waals surface area contributed by atoms with Crippen molar-refractivity contribution >= 4 is 17.9 Å². The van der Waals surface area contributed by atoms with Gasteiger partial charge < -0.3 is 20.5 Å². The molecule has 3 atom stereocenters. The molecule has 0 bridgehead atoms. The number of rotatable bonds is 9. The molecule has 8 heteroatoms. The number of hydrogen-bond donors (Lipinski definition) is 3. The number of ether oxygens (including phenoxy) is 1. The number of nitrogens with one attached hydrogen (secondary N) is 2. The molecular weight excluding hydrogens is 422 g/mol. The Morgan fingerprint density at radius 2 is 1.82 bits per heavy atom. The summed E-state index contributed by atoms with van der Waals surface area (Å²) >= 11 is 0. The third-order valence-electron chi connectivity index (χ3n) is 4.58. The SMILES string of the molecule is C#Cc1ccccc1C(C(=O)NC(C)CCC)N(C#C)C(=O)C(CO)NC(=O)OC(C)(C)C. The number of terminal acetylenes is 2. The van der Waals surface area contributed by atoms with Gasteiger partial charge in [0.1, 0.15) is 17.7 Å². The molecule has 0 aromatic heterocycles. The van der Waals surface area contributed by atoms with Crippen molar-refractivity contribution < 1.29 is 24.2 Å². The zero-order chi connectivity index (χ0) is 25.2. The summed E-state index contributed by atoms with van der Waals surface area (Å²) in [6.07, 6.45) is 11.9. The van der Waals surface area contributed by atoms with Gasteiger partial charge in [-0.1, -0.05) is 43.9 Å². The second kappa shape index (κ2) is 12.5. The quantitative estimate of drug-likeness (QED) is 0.391. The van der Waals surface area contributed by atoms with Crippen LogP contribution in [0.25, 0.3) is 0 Å². The highest BCUT2D eigenvalue weighted by Crippen LogP contribution is 2.25. The van der Waals surface area contributed by atoms with Gasteiger partial charge in [-0.05, 0) is 40.2 Å². The number of carbonyl (C=O) groups excluding carboxylic acids is 3. The van der Waals surface area contributed by atoms with Crippen LogP contribution in [0.15, 0.2) is 24.3 Å². The zero-order valence-corrected chi connectivity index (χ0v) is 19.8. The van der Waals surface area contributed by atoms with E-state index in [0.29, 0.717) is 11.1 Å². The van der Waals surface area contributed by atoms with Crippen molar-refractivity contribution in [2.75, 3.05) is 6.61 Å². The van der Waals surface area contributed by atoms with Crippen LogP contribution >= 0.6 is 0 Å². The van der Waals surface area contributed by atoms with Crippen molar-refractivity contribution in [1.82, 2.24) is 15.5 Å². The van der Waals surface area contributed by atoms with E-state index in [1.165, 1.54) is 0 Å². The Balaban J connectivity index is 3.37. The average molecular weight is 456 g/mol. The van der Waals surface area contributed by atoms with Gasteiger partial charge in [0.05, 0.1) is 6.61 Å². The molecule has 33 heavy (non-hydrogen) atoms. The minimum Gasteiger partial charge on any atom is -0.444 e. The maximum absolute atomic E-state index is 13.3. The monoisotopic (exact) mass is 455 g/mol. The molecule has 0 aliphatic carbocycles. The summed E-state index contributed by atoms with van der Waals surface area (Å²) in [4.78, 5) is 39.5. The fourth-order valence-corrected chi connectivity index (χ4v) is 3.16. The van der Waals surface area contributed by atoms with Crippen LogP contribution in [0, 0.1) is 24.8 Å². The summed E-state index contributed by atoms with van der Waals surface area (Å²) in [5.74, 6) is 1.11. The standard InChI is InChI=1S/C25H33N3O5/c1-8-13-17(4)26-22(30)21(19-15-12-11-14-18(19)9-2)28(10-3)23(31)20(16-29)27-24(32)33-25(5,6)7/h2-3,11-12,14-15,17,20-21,29H,8,13,16H2,1,4-7H3,(H,26,30)(H,27,32). The fourth-order valence-electron chi connectivity index (χ4n) is 3.16. The maximum atomic E-state index is 13.3. The van der Waals surface area contributed by atoms with Gasteiger partial charge >= 0.3 is 6.09 Å². The first-order valence-corrected chi connectivity index (χ1v) is 10.7. The third kappa shape index (κ3) is 8.17. The van der Waals surface area contributed by atoms with Crippen LogP contribution in [0.4, 0.5) is 4.79 Å². The van der Waals surface area contributed by atoms with Crippen molar-refractivity contribution in [3.05, 3.63) is 35.4 Å². The van der Waals surface area contributed by atoms with E-state index in [0.717, 1.165) is 17.7 Å².